The van der Waals surface area contributed by atoms with E-state index in [2.05, 4.69) is 10.6 Å². The van der Waals surface area contributed by atoms with Crippen LogP contribution in [0.15, 0.2) is 0 Å². The molecule has 1 aliphatic heterocycles. The minimum Gasteiger partial charge on any atom is -0.394 e. The second kappa shape index (κ2) is 5.41. The molecule has 94 valence electrons. The lowest BCUT2D eigenvalue weighted by Gasteiger charge is -2.39. The monoisotopic (exact) mass is 236 g/mol. The van der Waals surface area contributed by atoms with Gasteiger partial charge in [0.05, 0.1) is 6.61 Å². The van der Waals surface area contributed by atoms with E-state index in [1.165, 1.54) is 7.05 Å². The third-order valence-electron chi connectivity index (χ3n) is 2.39. The molecular formula is C8H16N2O6. The number of hydrogen-bond donors (Lipinski definition) is 6. The number of aliphatic hydroxyl groups is 4. The number of ether oxygens (including phenoxy) is 1. The number of carbonyl (C=O) groups excluding carboxylic acids is 1. The van der Waals surface area contributed by atoms with Crippen molar-refractivity contribution in [3.8, 4) is 0 Å². The molecule has 0 bridgehead atoms. The quantitative estimate of drug-likeness (QED) is 0.298. The zero-order chi connectivity index (χ0) is 12.3. The third-order valence-corrected chi connectivity index (χ3v) is 2.39. The van der Waals surface area contributed by atoms with Gasteiger partial charge in [-0.1, -0.05) is 0 Å². The van der Waals surface area contributed by atoms with Crippen LogP contribution < -0.4 is 10.6 Å². The van der Waals surface area contributed by atoms with E-state index in [4.69, 9.17) is 9.84 Å². The second-order valence-electron chi connectivity index (χ2n) is 3.47. The Morgan fingerprint density at radius 1 is 1.25 bits per heavy atom. The van der Waals surface area contributed by atoms with Crippen LogP contribution >= 0.6 is 0 Å². The van der Waals surface area contributed by atoms with Gasteiger partial charge in [0.1, 0.15) is 24.4 Å². The third kappa shape index (κ3) is 2.60. The lowest BCUT2D eigenvalue weighted by Crippen LogP contribution is -2.63. The van der Waals surface area contributed by atoms with Crippen LogP contribution in [-0.4, -0.2) is 70.8 Å². The first-order valence-electron chi connectivity index (χ1n) is 4.80. The highest BCUT2D eigenvalue weighted by molar-refractivity contribution is 5.73. The average molecular weight is 236 g/mol. The molecule has 2 amide bonds. The predicted octanol–water partition coefficient (Wildman–Crippen LogP) is -3.28. The maximum atomic E-state index is 11.0. The van der Waals surface area contributed by atoms with Crippen molar-refractivity contribution in [2.75, 3.05) is 13.7 Å². The molecule has 8 heteroatoms. The summed E-state index contributed by atoms with van der Waals surface area (Å²) in [7, 11) is 1.37. The Hall–Kier alpha value is -0.930. The Morgan fingerprint density at radius 3 is 2.38 bits per heavy atom. The largest absolute Gasteiger partial charge is 0.394 e. The second-order valence-corrected chi connectivity index (χ2v) is 3.47. The van der Waals surface area contributed by atoms with E-state index in [1.54, 1.807) is 0 Å². The molecule has 1 saturated heterocycles. The van der Waals surface area contributed by atoms with E-state index in [-0.39, 0.29) is 0 Å². The van der Waals surface area contributed by atoms with Crippen molar-refractivity contribution in [3.05, 3.63) is 0 Å². The van der Waals surface area contributed by atoms with E-state index in [1.807, 2.05) is 0 Å². The Kier molecular flexibility index (Phi) is 4.44. The molecule has 1 fully saturated rings. The van der Waals surface area contributed by atoms with Crippen LogP contribution in [0.2, 0.25) is 0 Å². The van der Waals surface area contributed by atoms with Crippen LogP contribution in [0.4, 0.5) is 4.79 Å². The van der Waals surface area contributed by atoms with Gasteiger partial charge >= 0.3 is 6.03 Å². The number of aliphatic hydroxyl groups excluding tert-OH is 4. The summed E-state index contributed by atoms with van der Waals surface area (Å²) in [5.74, 6) is 0. The van der Waals surface area contributed by atoms with Gasteiger partial charge in [-0.05, 0) is 0 Å². The van der Waals surface area contributed by atoms with E-state index >= 15 is 0 Å². The van der Waals surface area contributed by atoms with Gasteiger partial charge in [-0.25, -0.2) is 4.79 Å². The van der Waals surface area contributed by atoms with E-state index in [0.717, 1.165) is 0 Å². The predicted molar refractivity (Wildman–Crippen MR) is 51.4 cm³/mol. The summed E-state index contributed by atoms with van der Waals surface area (Å²) in [5.41, 5.74) is 0. The number of urea groups is 1. The summed E-state index contributed by atoms with van der Waals surface area (Å²) < 4.78 is 5.02. The standard InChI is InChI=1S/C8H16N2O6/c1-9-8(15)10-7-6(14)5(13)4(12)3(2-11)16-7/h3-7,11-14H,2H2,1H3,(H2,9,10,15)/t3-,4+,5+,6+,7-/m0/s1. The molecule has 0 saturated carbocycles. The molecule has 6 N–H and O–H groups in total. The molecule has 5 atom stereocenters. The first kappa shape index (κ1) is 13.1. The van der Waals surface area contributed by atoms with Crippen LogP contribution in [0.3, 0.4) is 0 Å². The molecule has 0 aromatic carbocycles. The maximum Gasteiger partial charge on any atom is 0.316 e. The zero-order valence-corrected chi connectivity index (χ0v) is 8.70. The molecule has 8 nitrogen and oxygen atoms in total. The molecule has 0 unspecified atom stereocenters. The minimum absolute atomic E-state index is 0.531. The first-order chi connectivity index (χ1) is 7.51. The molecular weight excluding hydrogens is 220 g/mol. The molecule has 1 heterocycles. The summed E-state index contributed by atoms with van der Waals surface area (Å²) in [5, 5.41) is 41.7. The van der Waals surface area contributed by atoms with E-state index in [0.29, 0.717) is 0 Å². The van der Waals surface area contributed by atoms with Gasteiger partial charge in [0.2, 0.25) is 0 Å². The Balaban J connectivity index is 2.67. The number of carbonyl (C=O) groups is 1. The minimum atomic E-state index is -1.49. The van der Waals surface area contributed by atoms with Crippen molar-refractivity contribution in [3.63, 3.8) is 0 Å². The Labute approximate surface area is 91.8 Å². The van der Waals surface area contributed by atoms with Crippen molar-refractivity contribution < 1.29 is 30.0 Å². The Bertz CT molecular complexity index is 249. The normalized spacial score (nSPS) is 39.2. The van der Waals surface area contributed by atoms with Gasteiger partial charge < -0.3 is 35.8 Å². The fourth-order valence-corrected chi connectivity index (χ4v) is 1.42. The highest BCUT2D eigenvalue weighted by Gasteiger charge is 2.43. The summed E-state index contributed by atoms with van der Waals surface area (Å²) in [6.07, 6.45) is -6.60. The maximum absolute atomic E-state index is 11.0. The summed E-state index contributed by atoms with van der Waals surface area (Å²) >= 11 is 0. The fraction of sp³-hybridized carbons (Fsp3) is 0.875. The average Bonchev–Trinajstić information content (AvgIpc) is 2.29. The number of amides is 2. The van der Waals surface area contributed by atoms with Gasteiger partial charge in [0, 0.05) is 7.05 Å². The van der Waals surface area contributed by atoms with Gasteiger partial charge in [0.25, 0.3) is 0 Å². The molecule has 0 aromatic heterocycles. The van der Waals surface area contributed by atoms with Crippen molar-refractivity contribution in [1.29, 1.82) is 0 Å². The lowest BCUT2D eigenvalue weighted by molar-refractivity contribution is -0.233. The van der Waals surface area contributed by atoms with Gasteiger partial charge in [-0.2, -0.15) is 0 Å². The topological polar surface area (TPSA) is 131 Å². The molecule has 1 rings (SSSR count). The van der Waals surface area contributed by atoms with Crippen LogP contribution in [0.1, 0.15) is 0 Å². The smallest absolute Gasteiger partial charge is 0.316 e. The van der Waals surface area contributed by atoms with Crippen LogP contribution in [0.5, 0.6) is 0 Å². The highest BCUT2D eigenvalue weighted by Crippen LogP contribution is 2.19. The van der Waals surface area contributed by atoms with Crippen molar-refractivity contribution in [1.82, 2.24) is 10.6 Å². The number of rotatable bonds is 2. The summed E-state index contributed by atoms with van der Waals surface area (Å²) in [4.78, 5) is 11.0. The highest BCUT2D eigenvalue weighted by atomic mass is 16.6. The SMILES string of the molecule is CNC(=O)N[C@H]1O[C@@H](CO)[C@@H](O)[C@@H](O)[C@H]1O. The zero-order valence-electron chi connectivity index (χ0n) is 8.70. The van der Waals surface area contributed by atoms with Crippen molar-refractivity contribution in [2.24, 2.45) is 0 Å². The molecule has 0 aliphatic carbocycles. The molecule has 16 heavy (non-hydrogen) atoms. The van der Waals surface area contributed by atoms with Gasteiger partial charge in [0.15, 0.2) is 6.23 Å². The molecule has 0 radical (unpaired) electrons. The fourth-order valence-electron chi connectivity index (χ4n) is 1.42. The van der Waals surface area contributed by atoms with Crippen LogP contribution in [0, 0.1) is 0 Å². The first-order valence-corrected chi connectivity index (χ1v) is 4.80. The van der Waals surface area contributed by atoms with E-state index < -0.39 is 43.3 Å². The van der Waals surface area contributed by atoms with Crippen LogP contribution in [-0.2, 0) is 4.74 Å². The van der Waals surface area contributed by atoms with Crippen molar-refractivity contribution in [2.45, 2.75) is 30.6 Å². The molecule has 0 aromatic rings. The lowest BCUT2D eigenvalue weighted by atomic mass is 9.98. The van der Waals surface area contributed by atoms with E-state index in [9.17, 15) is 20.1 Å². The summed E-state index contributed by atoms with van der Waals surface area (Å²) in [6, 6.07) is -0.607. The molecule has 1 aliphatic rings. The molecule has 0 spiro atoms. The number of hydrogen-bond acceptors (Lipinski definition) is 6. The van der Waals surface area contributed by atoms with Crippen LogP contribution in [0.25, 0.3) is 0 Å². The van der Waals surface area contributed by atoms with Gasteiger partial charge in [-0.3, -0.25) is 0 Å². The number of nitrogens with one attached hydrogen (secondary N) is 2. The summed E-state index contributed by atoms with van der Waals surface area (Å²) in [6.45, 7) is -0.531. The Morgan fingerprint density at radius 2 is 1.88 bits per heavy atom. The van der Waals surface area contributed by atoms with Gasteiger partial charge in [-0.15, -0.1) is 0 Å². The van der Waals surface area contributed by atoms with Crippen molar-refractivity contribution >= 4 is 6.03 Å².